The molecular weight excluding hydrogens is 334 g/mol. The third-order valence-electron chi connectivity index (χ3n) is 4.53. The Kier molecular flexibility index (Phi) is 4.02. The highest BCUT2D eigenvalue weighted by atomic mass is 16.5. The zero-order chi connectivity index (χ0) is 18.3. The summed E-state index contributed by atoms with van der Waals surface area (Å²) in [6.07, 6.45) is 0.733. The van der Waals surface area contributed by atoms with Crippen molar-refractivity contribution in [2.45, 2.75) is 32.6 Å². The van der Waals surface area contributed by atoms with Crippen LogP contribution < -0.4 is 4.74 Å². The predicted molar refractivity (Wildman–Crippen MR) is 92.5 cm³/mol. The highest BCUT2D eigenvalue weighted by Crippen LogP contribution is 2.23. The van der Waals surface area contributed by atoms with Crippen LogP contribution in [-0.2, 0) is 16.0 Å². The highest BCUT2D eigenvalue weighted by Gasteiger charge is 2.37. The van der Waals surface area contributed by atoms with Crippen LogP contribution in [0.1, 0.15) is 37.8 Å². The molecule has 1 aromatic heterocycles. The number of ether oxygens (including phenoxy) is 1. The number of rotatable bonds is 4. The van der Waals surface area contributed by atoms with Crippen molar-refractivity contribution in [3.8, 4) is 5.75 Å². The minimum Gasteiger partial charge on any atom is -0.441 e. The van der Waals surface area contributed by atoms with E-state index in [9.17, 15) is 9.59 Å². The first kappa shape index (κ1) is 16.4. The molecule has 0 N–H and O–H groups in total. The normalized spacial score (nSPS) is 20.3. The summed E-state index contributed by atoms with van der Waals surface area (Å²) in [4.78, 5) is 31.3. The summed E-state index contributed by atoms with van der Waals surface area (Å²) in [5.41, 5.74) is 0. The standard InChI is InChI=1S/C18H19N5O3/c1-11-8-16(24)22(18(11)25)10-12(2)17-19-14-9-15(20-23(14)21-17)26-13-6-4-3-5-7-13/h3-7,11-12H,8-10H2,1-2H3. The van der Waals surface area contributed by atoms with Gasteiger partial charge < -0.3 is 4.74 Å². The number of carbonyl (C=O) groups excluding carboxylic acids is 2. The van der Waals surface area contributed by atoms with E-state index in [1.165, 1.54) is 9.69 Å². The van der Waals surface area contributed by atoms with Crippen LogP contribution in [0.15, 0.2) is 35.4 Å². The smallest absolute Gasteiger partial charge is 0.232 e. The molecule has 1 aromatic carbocycles. The van der Waals surface area contributed by atoms with Gasteiger partial charge in [0.15, 0.2) is 11.6 Å². The third kappa shape index (κ3) is 2.98. The minimum absolute atomic E-state index is 0.120. The Morgan fingerprint density at radius 1 is 1.27 bits per heavy atom. The van der Waals surface area contributed by atoms with Gasteiger partial charge in [-0.05, 0) is 12.1 Å². The van der Waals surface area contributed by atoms with Crippen molar-refractivity contribution in [1.29, 1.82) is 0 Å². The molecule has 2 unspecified atom stereocenters. The number of nitrogens with zero attached hydrogens (tertiary/aromatic N) is 5. The Morgan fingerprint density at radius 3 is 2.69 bits per heavy atom. The van der Waals surface area contributed by atoms with Crippen LogP contribution in [0.4, 0.5) is 0 Å². The lowest BCUT2D eigenvalue weighted by Crippen LogP contribution is -2.34. The molecular formula is C18H19N5O3. The number of benzene rings is 1. The lowest BCUT2D eigenvalue weighted by Gasteiger charge is -2.17. The van der Waals surface area contributed by atoms with Gasteiger partial charge in [0.2, 0.25) is 17.7 Å². The summed E-state index contributed by atoms with van der Waals surface area (Å²) in [6.45, 7) is 3.97. The Labute approximate surface area is 150 Å². The second kappa shape index (κ2) is 6.36. The van der Waals surface area contributed by atoms with Crippen LogP contribution >= 0.6 is 0 Å². The number of imide groups is 1. The highest BCUT2D eigenvalue weighted by molar-refractivity contribution is 6.03. The molecule has 0 saturated carbocycles. The first-order valence-corrected chi connectivity index (χ1v) is 8.62. The molecule has 8 heteroatoms. The van der Waals surface area contributed by atoms with Gasteiger partial charge in [-0.1, -0.05) is 32.0 Å². The largest absolute Gasteiger partial charge is 0.441 e. The van der Waals surface area contributed by atoms with Crippen molar-refractivity contribution >= 4 is 17.7 Å². The molecule has 0 aliphatic carbocycles. The molecule has 3 heterocycles. The summed E-state index contributed by atoms with van der Waals surface area (Å²) >= 11 is 0. The molecule has 134 valence electrons. The summed E-state index contributed by atoms with van der Waals surface area (Å²) in [5, 5.41) is 8.70. The van der Waals surface area contributed by atoms with Gasteiger partial charge in [-0.25, -0.2) is 4.98 Å². The maximum absolute atomic E-state index is 12.1. The van der Waals surface area contributed by atoms with E-state index in [4.69, 9.17) is 4.74 Å². The fourth-order valence-electron chi connectivity index (χ4n) is 3.11. The van der Waals surface area contributed by atoms with Gasteiger partial charge in [0.1, 0.15) is 5.75 Å². The van der Waals surface area contributed by atoms with Crippen LogP contribution in [0.2, 0.25) is 0 Å². The molecule has 1 fully saturated rings. The van der Waals surface area contributed by atoms with Crippen molar-refractivity contribution in [1.82, 2.24) is 19.8 Å². The van der Waals surface area contributed by atoms with E-state index in [2.05, 4.69) is 15.2 Å². The lowest BCUT2D eigenvalue weighted by atomic mass is 10.1. The molecule has 4 rings (SSSR count). The van der Waals surface area contributed by atoms with Crippen molar-refractivity contribution < 1.29 is 14.3 Å². The number of hydrogen-bond acceptors (Lipinski definition) is 6. The summed E-state index contributed by atoms with van der Waals surface area (Å²) < 4.78 is 5.72. The summed E-state index contributed by atoms with van der Waals surface area (Å²) in [7, 11) is 0. The van der Waals surface area contributed by atoms with Gasteiger partial charge >= 0.3 is 0 Å². The van der Waals surface area contributed by atoms with Gasteiger partial charge in [0.25, 0.3) is 0 Å². The zero-order valence-corrected chi connectivity index (χ0v) is 14.6. The van der Waals surface area contributed by atoms with Crippen molar-refractivity contribution in [3.05, 3.63) is 42.0 Å². The van der Waals surface area contributed by atoms with Crippen LogP contribution in [0.25, 0.3) is 0 Å². The van der Waals surface area contributed by atoms with E-state index < -0.39 is 0 Å². The molecule has 2 amide bonds. The number of amides is 2. The molecule has 26 heavy (non-hydrogen) atoms. The number of fused-ring (bicyclic) bond motifs is 1. The SMILES string of the molecule is CC1CC(=O)N(CC(C)c2nc3n(n2)N=C(Oc2ccccc2)C3)C1=O. The first-order chi connectivity index (χ1) is 12.5. The van der Waals surface area contributed by atoms with Crippen molar-refractivity contribution in [2.75, 3.05) is 6.54 Å². The predicted octanol–water partition coefficient (Wildman–Crippen LogP) is 1.57. The van der Waals surface area contributed by atoms with E-state index in [0.29, 0.717) is 36.3 Å². The molecule has 2 aliphatic heterocycles. The quantitative estimate of drug-likeness (QED) is 0.779. The summed E-state index contributed by atoms with van der Waals surface area (Å²) in [6, 6.07) is 9.41. The van der Waals surface area contributed by atoms with Crippen LogP contribution in [0.3, 0.4) is 0 Å². The number of aromatic nitrogens is 3. The molecule has 0 bridgehead atoms. The number of carbonyl (C=O) groups is 2. The van der Waals surface area contributed by atoms with E-state index >= 15 is 0 Å². The fourth-order valence-corrected chi connectivity index (χ4v) is 3.11. The van der Waals surface area contributed by atoms with Crippen LogP contribution in [0, 0.1) is 5.92 Å². The molecule has 8 nitrogen and oxygen atoms in total. The zero-order valence-electron chi connectivity index (χ0n) is 14.6. The van der Waals surface area contributed by atoms with E-state index in [1.54, 1.807) is 6.92 Å². The Balaban J connectivity index is 1.44. The number of hydrogen-bond donors (Lipinski definition) is 0. The van der Waals surface area contributed by atoms with E-state index in [0.717, 1.165) is 0 Å². The van der Waals surface area contributed by atoms with Gasteiger partial charge in [-0.15, -0.1) is 15.0 Å². The Morgan fingerprint density at radius 2 is 2.04 bits per heavy atom. The van der Waals surface area contributed by atoms with Crippen LogP contribution in [0.5, 0.6) is 5.75 Å². The van der Waals surface area contributed by atoms with Crippen molar-refractivity contribution in [2.24, 2.45) is 11.0 Å². The second-order valence-corrected chi connectivity index (χ2v) is 6.71. The Bertz CT molecular complexity index is 889. The fraction of sp³-hybridized carbons (Fsp3) is 0.389. The molecule has 0 spiro atoms. The van der Waals surface area contributed by atoms with E-state index in [-0.39, 0.29) is 30.1 Å². The molecule has 2 aliphatic rings. The number of para-hydroxylation sites is 1. The number of likely N-dealkylation sites (tertiary alicyclic amines) is 1. The van der Waals surface area contributed by atoms with Crippen molar-refractivity contribution in [3.63, 3.8) is 0 Å². The molecule has 1 saturated heterocycles. The lowest BCUT2D eigenvalue weighted by molar-refractivity contribution is -0.139. The minimum atomic E-state index is -0.239. The average molecular weight is 353 g/mol. The average Bonchev–Trinajstić information content (AvgIpc) is 3.24. The van der Waals surface area contributed by atoms with Gasteiger partial charge in [-0.2, -0.15) is 0 Å². The molecule has 0 radical (unpaired) electrons. The van der Waals surface area contributed by atoms with E-state index in [1.807, 2.05) is 37.3 Å². The van der Waals surface area contributed by atoms with Gasteiger partial charge in [0, 0.05) is 24.8 Å². The second-order valence-electron chi connectivity index (χ2n) is 6.71. The Hall–Kier alpha value is -3.03. The third-order valence-corrected chi connectivity index (χ3v) is 4.53. The summed E-state index contributed by atoms with van der Waals surface area (Å²) in [5.74, 6) is 1.86. The van der Waals surface area contributed by atoms with Gasteiger partial charge in [0.05, 0.1) is 6.42 Å². The maximum Gasteiger partial charge on any atom is 0.232 e. The molecule has 2 aromatic rings. The van der Waals surface area contributed by atoms with Gasteiger partial charge in [-0.3, -0.25) is 14.5 Å². The monoisotopic (exact) mass is 353 g/mol. The molecule has 2 atom stereocenters. The van der Waals surface area contributed by atoms with Crippen LogP contribution in [-0.4, -0.2) is 44.0 Å². The first-order valence-electron chi connectivity index (χ1n) is 8.62. The maximum atomic E-state index is 12.1. The topological polar surface area (TPSA) is 89.7 Å².